The molecule has 0 bridgehead atoms. The molecule has 4 heteroatoms. The van der Waals surface area contributed by atoms with E-state index in [1.54, 1.807) is 12.1 Å². The molecule has 1 N–H and O–H groups in total. The molecule has 2 nitrogen and oxygen atoms in total. The third kappa shape index (κ3) is 3.11. The molecule has 0 unspecified atom stereocenters. The van der Waals surface area contributed by atoms with Gasteiger partial charge < -0.3 is 5.11 Å². The summed E-state index contributed by atoms with van der Waals surface area (Å²) in [7, 11) is 0. The molecule has 0 saturated heterocycles. The fraction of sp³-hybridized carbons (Fsp3) is 0.133. The molecule has 0 aromatic heterocycles. The van der Waals surface area contributed by atoms with E-state index in [-0.39, 0.29) is 0 Å². The summed E-state index contributed by atoms with van der Waals surface area (Å²) in [6, 6.07) is 10.9. The summed E-state index contributed by atoms with van der Waals surface area (Å²) >= 11 is 7.52. The zero-order valence-electron chi connectivity index (χ0n) is 10.6. The largest absolute Gasteiger partial charge is 0.478 e. The first-order chi connectivity index (χ1) is 8.99. The van der Waals surface area contributed by atoms with Gasteiger partial charge in [0, 0.05) is 14.8 Å². The number of aryl methyl sites for hydroxylation is 2. The smallest absolute Gasteiger partial charge is 0.336 e. The van der Waals surface area contributed by atoms with Crippen molar-refractivity contribution in [3.63, 3.8) is 0 Å². The summed E-state index contributed by atoms with van der Waals surface area (Å²) in [6.45, 7) is 3.91. The normalized spacial score (nSPS) is 10.5. The molecule has 0 amide bonds. The van der Waals surface area contributed by atoms with Gasteiger partial charge in [-0.3, -0.25) is 0 Å². The molecular weight excluding hydrogens is 280 g/mol. The van der Waals surface area contributed by atoms with Gasteiger partial charge in [0.2, 0.25) is 0 Å². The predicted octanol–water partition coefficient (Wildman–Crippen LogP) is 4.81. The minimum absolute atomic E-state index is 0.319. The Labute approximate surface area is 121 Å². The lowest BCUT2D eigenvalue weighted by molar-refractivity contribution is 0.0693. The number of rotatable bonds is 3. The quantitative estimate of drug-likeness (QED) is 0.882. The van der Waals surface area contributed by atoms with Crippen LogP contribution in [0.4, 0.5) is 0 Å². The molecule has 2 aromatic carbocycles. The van der Waals surface area contributed by atoms with E-state index in [1.807, 2.05) is 38.1 Å². The van der Waals surface area contributed by atoms with Crippen LogP contribution in [0.1, 0.15) is 21.5 Å². The molecule has 0 heterocycles. The second kappa shape index (κ2) is 5.68. The first kappa shape index (κ1) is 14.0. The van der Waals surface area contributed by atoms with E-state index >= 15 is 0 Å². The highest BCUT2D eigenvalue weighted by atomic mass is 35.5. The van der Waals surface area contributed by atoms with Crippen LogP contribution in [0.25, 0.3) is 0 Å². The van der Waals surface area contributed by atoms with Crippen LogP contribution in [-0.2, 0) is 0 Å². The molecule has 0 fully saturated rings. The van der Waals surface area contributed by atoms with Crippen molar-refractivity contribution < 1.29 is 9.90 Å². The summed E-state index contributed by atoms with van der Waals surface area (Å²) in [4.78, 5) is 12.9. The molecule has 98 valence electrons. The Balaban J connectivity index is 2.42. The lowest BCUT2D eigenvalue weighted by Gasteiger charge is -2.10. The van der Waals surface area contributed by atoms with Gasteiger partial charge >= 0.3 is 5.97 Å². The van der Waals surface area contributed by atoms with Gasteiger partial charge in [0.05, 0.1) is 5.56 Å². The van der Waals surface area contributed by atoms with Crippen LogP contribution < -0.4 is 0 Å². The topological polar surface area (TPSA) is 37.3 Å². The van der Waals surface area contributed by atoms with E-state index in [4.69, 9.17) is 11.6 Å². The van der Waals surface area contributed by atoms with Crippen molar-refractivity contribution in [3.8, 4) is 0 Å². The zero-order chi connectivity index (χ0) is 14.0. The maximum absolute atomic E-state index is 11.2. The second-order valence-electron chi connectivity index (χ2n) is 4.27. The summed E-state index contributed by atoms with van der Waals surface area (Å²) in [5.41, 5.74) is 2.35. The summed E-state index contributed by atoms with van der Waals surface area (Å²) in [5, 5.41) is 9.91. The van der Waals surface area contributed by atoms with Crippen LogP contribution in [-0.4, -0.2) is 11.1 Å². The average molecular weight is 293 g/mol. The number of aromatic carboxylic acids is 1. The number of hydrogen-bond acceptors (Lipinski definition) is 2. The van der Waals surface area contributed by atoms with Crippen molar-refractivity contribution in [2.45, 2.75) is 23.6 Å². The van der Waals surface area contributed by atoms with Crippen molar-refractivity contribution in [3.05, 3.63) is 58.1 Å². The van der Waals surface area contributed by atoms with Gasteiger partial charge in [0.15, 0.2) is 0 Å². The van der Waals surface area contributed by atoms with Crippen molar-refractivity contribution in [2.75, 3.05) is 0 Å². The van der Waals surface area contributed by atoms with Crippen LogP contribution in [0.15, 0.2) is 46.2 Å². The van der Waals surface area contributed by atoms with Gasteiger partial charge in [-0.25, -0.2) is 4.79 Å². The highest BCUT2D eigenvalue weighted by Gasteiger charge is 2.12. The van der Waals surface area contributed by atoms with Crippen LogP contribution >= 0.6 is 23.4 Å². The Bertz CT molecular complexity index is 638. The Morgan fingerprint density at radius 3 is 2.47 bits per heavy atom. The Morgan fingerprint density at radius 1 is 1.11 bits per heavy atom. The summed E-state index contributed by atoms with van der Waals surface area (Å²) in [5.74, 6) is -0.911. The minimum Gasteiger partial charge on any atom is -0.478 e. The van der Waals surface area contributed by atoms with Crippen molar-refractivity contribution in [1.82, 2.24) is 0 Å². The van der Waals surface area contributed by atoms with Crippen LogP contribution in [0, 0.1) is 13.8 Å². The fourth-order valence-corrected chi connectivity index (χ4v) is 3.04. The Morgan fingerprint density at radius 2 is 1.79 bits per heavy atom. The molecule has 19 heavy (non-hydrogen) atoms. The second-order valence-corrected chi connectivity index (χ2v) is 5.76. The SMILES string of the molecule is Cc1cc(Sc2ccccc2C(=O)O)c(C)cc1Cl. The standard InChI is InChI=1S/C15H13ClO2S/c1-9-8-14(10(2)7-12(9)16)19-13-6-4-3-5-11(13)15(17)18/h3-8H,1-2H3,(H,17,18). The Hall–Kier alpha value is -1.45. The number of carboxylic acids is 1. The van der Waals surface area contributed by atoms with Crippen LogP contribution in [0.5, 0.6) is 0 Å². The van der Waals surface area contributed by atoms with Gasteiger partial charge in [-0.05, 0) is 49.2 Å². The predicted molar refractivity (Wildman–Crippen MR) is 78.5 cm³/mol. The third-order valence-corrected chi connectivity index (χ3v) is 4.44. The molecule has 0 radical (unpaired) electrons. The molecular formula is C15H13ClO2S. The molecule has 0 spiro atoms. The molecule has 0 atom stereocenters. The van der Waals surface area contributed by atoms with E-state index < -0.39 is 5.97 Å². The molecule has 0 aliphatic heterocycles. The van der Waals surface area contributed by atoms with Gasteiger partial charge in [0.1, 0.15) is 0 Å². The Kier molecular flexibility index (Phi) is 4.17. The van der Waals surface area contributed by atoms with E-state index in [1.165, 1.54) is 11.8 Å². The van der Waals surface area contributed by atoms with E-state index in [2.05, 4.69) is 0 Å². The molecule has 2 rings (SSSR count). The highest BCUT2D eigenvalue weighted by Crippen LogP contribution is 2.35. The fourth-order valence-electron chi connectivity index (χ4n) is 1.72. The number of carbonyl (C=O) groups is 1. The van der Waals surface area contributed by atoms with Gasteiger partial charge in [0.25, 0.3) is 0 Å². The number of carboxylic acid groups (broad SMARTS) is 1. The average Bonchev–Trinajstić information content (AvgIpc) is 2.36. The van der Waals surface area contributed by atoms with E-state index in [0.717, 1.165) is 25.9 Å². The molecule has 0 saturated carbocycles. The lowest BCUT2D eigenvalue weighted by Crippen LogP contribution is -1.98. The van der Waals surface area contributed by atoms with Gasteiger partial charge in [-0.15, -0.1) is 0 Å². The first-order valence-electron chi connectivity index (χ1n) is 5.76. The van der Waals surface area contributed by atoms with Crippen molar-refractivity contribution in [1.29, 1.82) is 0 Å². The van der Waals surface area contributed by atoms with Gasteiger partial charge in [-0.2, -0.15) is 0 Å². The highest BCUT2D eigenvalue weighted by molar-refractivity contribution is 7.99. The molecule has 0 aliphatic rings. The van der Waals surface area contributed by atoms with Crippen LogP contribution in [0.2, 0.25) is 5.02 Å². The van der Waals surface area contributed by atoms with Crippen LogP contribution in [0.3, 0.4) is 0 Å². The number of benzene rings is 2. The van der Waals surface area contributed by atoms with Crippen molar-refractivity contribution in [2.24, 2.45) is 0 Å². The number of hydrogen-bond donors (Lipinski definition) is 1. The molecule has 0 aliphatic carbocycles. The van der Waals surface area contributed by atoms with Crippen molar-refractivity contribution >= 4 is 29.3 Å². The summed E-state index contributed by atoms with van der Waals surface area (Å²) < 4.78 is 0. The maximum atomic E-state index is 11.2. The first-order valence-corrected chi connectivity index (χ1v) is 6.95. The maximum Gasteiger partial charge on any atom is 0.336 e. The van der Waals surface area contributed by atoms with E-state index in [0.29, 0.717) is 5.56 Å². The van der Waals surface area contributed by atoms with Gasteiger partial charge in [-0.1, -0.05) is 35.5 Å². The zero-order valence-corrected chi connectivity index (χ0v) is 12.2. The minimum atomic E-state index is -0.911. The summed E-state index contributed by atoms with van der Waals surface area (Å²) in [6.07, 6.45) is 0. The third-order valence-electron chi connectivity index (χ3n) is 2.79. The van der Waals surface area contributed by atoms with E-state index in [9.17, 15) is 9.90 Å². The lowest BCUT2D eigenvalue weighted by atomic mass is 10.2. The molecule has 2 aromatic rings. The number of halogens is 1. The monoisotopic (exact) mass is 292 g/mol.